The van der Waals surface area contributed by atoms with Gasteiger partial charge < -0.3 is 28.7 Å². The van der Waals surface area contributed by atoms with Crippen LogP contribution in [0.3, 0.4) is 0 Å². The van der Waals surface area contributed by atoms with Crippen LogP contribution in [0.4, 0.5) is 0 Å². The molecule has 3 aromatic rings. The maximum atomic E-state index is 14.4. The molecule has 58 heavy (non-hydrogen) atoms. The molecular formula is C44H57Cl2N5O7. The molecule has 0 aliphatic carbocycles. The lowest BCUT2D eigenvalue weighted by Crippen LogP contribution is -2.61. The quantitative estimate of drug-likeness (QED) is 0.177. The highest BCUT2D eigenvalue weighted by Crippen LogP contribution is 2.43. The van der Waals surface area contributed by atoms with Crippen LogP contribution in [0.5, 0.6) is 17.2 Å². The summed E-state index contributed by atoms with van der Waals surface area (Å²) in [6.45, 7) is 10.1. The van der Waals surface area contributed by atoms with Gasteiger partial charge in [0.25, 0.3) is 5.91 Å². The molecule has 3 aliphatic heterocycles. The number of benzene rings is 3. The highest BCUT2D eigenvalue weighted by atomic mass is 35.5. The van der Waals surface area contributed by atoms with Crippen molar-refractivity contribution in [3.8, 4) is 17.2 Å². The first kappa shape index (κ1) is 43.5. The predicted octanol–water partition coefficient (Wildman–Crippen LogP) is 6.22. The average Bonchev–Trinajstić information content (AvgIpc) is 3.70. The number of esters is 1. The van der Waals surface area contributed by atoms with Gasteiger partial charge in [-0.05, 0) is 94.1 Å². The zero-order valence-electron chi connectivity index (χ0n) is 34.4. The molecule has 0 spiro atoms. The summed E-state index contributed by atoms with van der Waals surface area (Å²) in [5.74, 6) is 0.971. The van der Waals surface area contributed by atoms with Crippen molar-refractivity contribution in [2.75, 3.05) is 86.8 Å². The number of carbonyl (C=O) groups is 3. The number of hydrogen-bond donors (Lipinski definition) is 1. The largest absolute Gasteiger partial charge is 0.493 e. The minimum absolute atomic E-state index is 0.00764. The fourth-order valence-corrected chi connectivity index (χ4v) is 9.28. The second-order valence-corrected chi connectivity index (χ2v) is 16.3. The molecule has 14 heteroatoms. The van der Waals surface area contributed by atoms with E-state index in [1.807, 2.05) is 60.2 Å². The molecule has 0 bridgehead atoms. The molecule has 0 unspecified atom stereocenters. The Balaban J connectivity index is 1.15. The monoisotopic (exact) mass is 837 g/mol. The van der Waals surface area contributed by atoms with Crippen molar-refractivity contribution in [1.82, 2.24) is 25.1 Å². The lowest BCUT2D eigenvalue weighted by Gasteiger charge is -2.44. The third-order valence-electron chi connectivity index (χ3n) is 12.4. The minimum Gasteiger partial charge on any atom is -0.493 e. The summed E-state index contributed by atoms with van der Waals surface area (Å²) in [6.07, 6.45) is 3.53. The molecule has 0 radical (unpaired) electrons. The Hall–Kier alpha value is -4.07. The second kappa shape index (κ2) is 19.3. The van der Waals surface area contributed by atoms with Gasteiger partial charge in [0.05, 0.1) is 43.4 Å². The first-order chi connectivity index (χ1) is 28.0. The van der Waals surface area contributed by atoms with Crippen LogP contribution in [0.25, 0.3) is 0 Å². The molecule has 0 saturated carbocycles. The minimum atomic E-state index is -0.690. The summed E-state index contributed by atoms with van der Waals surface area (Å²) in [7, 11) is 4.61. The molecule has 3 fully saturated rings. The van der Waals surface area contributed by atoms with Crippen molar-refractivity contribution >= 4 is 41.0 Å². The smallest absolute Gasteiger partial charge is 0.323 e. The Labute approximate surface area is 352 Å². The van der Waals surface area contributed by atoms with Gasteiger partial charge in [-0.1, -0.05) is 66.5 Å². The molecule has 6 rings (SSSR count). The lowest BCUT2D eigenvalue weighted by molar-refractivity contribution is -0.151. The normalized spacial score (nSPS) is 20.6. The maximum Gasteiger partial charge on any atom is 0.323 e. The van der Waals surface area contributed by atoms with Crippen molar-refractivity contribution in [2.45, 2.75) is 62.8 Å². The summed E-state index contributed by atoms with van der Waals surface area (Å²) in [5.41, 5.74) is 4.74. The van der Waals surface area contributed by atoms with Gasteiger partial charge in [0, 0.05) is 50.2 Å². The van der Waals surface area contributed by atoms with Crippen LogP contribution in [0.15, 0.2) is 60.7 Å². The number of rotatable bonds is 15. The Kier molecular flexibility index (Phi) is 14.5. The van der Waals surface area contributed by atoms with E-state index in [4.69, 9.17) is 42.1 Å². The van der Waals surface area contributed by atoms with Gasteiger partial charge in [0.2, 0.25) is 11.7 Å². The third kappa shape index (κ3) is 9.21. The zero-order chi connectivity index (χ0) is 41.5. The number of ether oxygens (including phenoxy) is 4. The highest BCUT2D eigenvalue weighted by Gasteiger charge is 2.46. The number of likely N-dealkylation sites (tertiary alicyclic amines) is 2. The molecular weight excluding hydrogens is 781 g/mol. The first-order valence-electron chi connectivity index (χ1n) is 20.3. The second-order valence-electron chi connectivity index (χ2n) is 15.5. The molecule has 3 saturated heterocycles. The topological polar surface area (TPSA) is 113 Å². The van der Waals surface area contributed by atoms with Gasteiger partial charge in [-0.25, -0.2) is 5.01 Å². The molecule has 3 aromatic carbocycles. The number of piperazine rings is 1. The van der Waals surface area contributed by atoms with E-state index in [2.05, 4.69) is 27.4 Å². The van der Waals surface area contributed by atoms with Crippen LogP contribution in [-0.4, -0.2) is 130 Å². The van der Waals surface area contributed by atoms with Gasteiger partial charge in [0.1, 0.15) is 6.04 Å². The van der Waals surface area contributed by atoms with Crippen LogP contribution >= 0.6 is 23.2 Å². The van der Waals surface area contributed by atoms with Crippen molar-refractivity contribution in [2.24, 2.45) is 0 Å². The standard InChI is InChI=1S/C44H57Cl2N5O7/c1-6-36(41(53)58-7-2)49-23-25-51(26-24-49)47-42(54)44(32-11-9-8-10-12-32)17-20-48(21-18-44)19-15-43(33-13-14-34(45)35(46)29-33)16-22-50(30-43)40(52)31-27-37(55-3)39(57-5)38(28-31)56-4/h8-14,27-29,36H,6-7,15-26,30H2,1-5H3,(H,47,54)/t36-,43+/m1/s1. The molecule has 3 aliphatic rings. The number of nitrogens with one attached hydrogen (secondary N) is 1. The van der Waals surface area contributed by atoms with Crippen molar-refractivity contribution in [3.05, 3.63) is 87.4 Å². The fraction of sp³-hybridized carbons (Fsp3) is 0.523. The third-order valence-corrected chi connectivity index (χ3v) is 13.2. The first-order valence-corrected chi connectivity index (χ1v) is 21.1. The predicted molar refractivity (Wildman–Crippen MR) is 225 cm³/mol. The zero-order valence-corrected chi connectivity index (χ0v) is 35.9. The Morgan fingerprint density at radius 2 is 1.45 bits per heavy atom. The maximum absolute atomic E-state index is 14.4. The number of nitrogens with zero attached hydrogens (tertiary/aromatic N) is 4. The molecule has 12 nitrogen and oxygen atoms in total. The van der Waals surface area contributed by atoms with E-state index in [-0.39, 0.29) is 29.2 Å². The van der Waals surface area contributed by atoms with Crippen molar-refractivity contribution < 1.29 is 33.3 Å². The summed E-state index contributed by atoms with van der Waals surface area (Å²) in [5, 5.41) is 2.97. The molecule has 2 amide bonds. The Morgan fingerprint density at radius 3 is 2.03 bits per heavy atom. The van der Waals surface area contributed by atoms with Crippen LogP contribution in [0.2, 0.25) is 10.0 Å². The van der Waals surface area contributed by atoms with Gasteiger partial charge in [0.15, 0.2) is 11.5 Å². The number of halogens is 2. The fourth-order valence-electron chi connectivity index (χ4n) is 8.99. The SMILES string of the molecule is CCOC(=O)[C@@H](CC)N1CCN(NC(=O)C2(c3ccccc3)CCN(CC[C@]3(c4ccc(Cl)c(Cl)c4)CCN(C(=O)c4cc(OC)c(OC)c(OC)c4)C3)CC2)CC1. The number of carbonyl (C=O) groups excluding carboxylic acids is 3. The molecule has 3 heterocycles. The van der Waals surface area contributed by atoms with E-state index >= 15 is 0 Å². The van der Waals surface area contributed by atoms with Crippen LogP contribution in [-0.2, 0) is 25.2 Å². The number of amides is 2. The van der Waals surface area contributed by atoms with Gasteiger partial charge >= 0.3 is 5.97 Å². The van der Waals surface area contributed by atoms with Crippen molar-refractivity contribution in [1.29, 1.82) is 0 Å². The average molecular weight is 839 g/mol. The number of methoxy groups -OCH3 is 3. The Bertz CT molecular complexity index is 1880. The number of hydrazine groups is 1. The summed E-state index contributed by atoms with van der Waals surface area (Å²) in [6, 6.07) is 19.0. The summed E-state index contributed by atoms with van der Waals surface area (Å²) >= 11 is 13.0. The lowest BCUT2D eigenvalue weighted by atomic mass is 9.71. The van der Waals surface area contributed by atoms with Gasteiger partial charge in [-0.2, -0.15) is 0 Å². The van der Waals surface area contributed by atoms with Crippen LogP contribution in [0, 0.1) is 0 Å². The summed E-state index contributed by atoms with van der Waals surface area (Å²) < 4.78 is 21.9. The van der Waals surface area contributed by atoms with Crippen molar-refractivity contribution in [3.63, 3.8) is 0 Å². The van der Waals surface area contributed by atoms with E-state index in [1.165, 1.54) is 21.3 Å². The Morgan fingerprint density at radius 1 is 0.776 bits per heavy atom. The van der Waals surface area contributed by atoms with Crippen LogP contribution < -0.4 is 19.6 Å². The van der Waals surface area contributed by atoms with E-state index < -0.39 is 5.41 Å². The molecule has 1 N–H and O–H groups in total. The number of piperidine rings is 1. The van der Waals surface area contributed by atoms with Crippen LogP contribution in [0.1, 0.15) is 67.4 Å². The van der Waals surface area contributed by atoms with E-state index in [0.29, 0.717) is 98.0 Å². The van der Waals surface area contributed by atoms with Gasteiger partial charge in [-0.3, -0.25) is 24.7 Å². The molecule has 314 valence electrons. The van der Waals surface area contributed by atoms with E-state index in [0.717, 1.165) is 43.6 Å². The van der Waals surface area contributed by atoms with E-state index in [1.54, 1.807) is 12.1 Å². The molecule has 0 aromatic heterocycles. The summed E-state index contributed by atoms with van der Waals surface area (Å²) in [4.78, 5) is 47.6. The van der Waals surface area contributed by atoms with E-state index in [9.17, 15) is 14.4 Å². The van der Waals surface area contributed by atoms with Gasteiger partial charge in [-0.15, -0.1) is 0 Å². The highest BCUT2D eigenvalue weighted by molar-refractivity contribution is 6.42. The number of hydrogen-bond acceptors (Lipinski definition) is 10. The molecule has 2 atom stereocenters.